The molecule has 0 bridgehead atoms. The molecule has 2 nitrogen and oxygen atoms in total. The molecule has 1 heterocycles. The number of nitrogens with one attached hydrogen (secondary N) is 1. The Hall–Kier alpha value is -0.0800. The first kappa shape index (κ1) is 9.01. The van der Waals surface area contributed by atoms with Gasteiger partial charge in [0, 0.05) is 13.7 Å². The van der Waals surface area contributed by atoms with Crippen LogP contribution in [0.25, 0.3) is 0 Å². The minimum absolute atomic E-state index is 0.931. The molecule has 0 saturated carbocycles. The summed E-state index contributed by atoms with van der Waals surface area (Å²) in [6.45, 7) is 3.40. The lowest BCUT2D eigenvalue weighted by Crippen LogP contribution is -2.08. The highest BCUT2D eigenvalue weighted by Gasteiger charge is 2.12. The van der Waals surface area contributed by atoms with E-state index in [9.17, 15) is 0 Å². The molecule has 0 aromatic carbocycles. The zero-order valence-corrected chi connectivity index (χ0v) is 7.44. The first-order valence-electron chi connectivity index (χ1n) is 4.63. The van der Waals surface area contributed by atoms with Crippen molar-refractivity contribution in [2.75, 3.05) is 26.8 Å². The van der Waals surface area contributed by atoms with Gasteiger partial charge in [0.1, 0.15) is 0 Å². The molecule has 0 aliphatic carbocycles. The van der Waals surface area contributed by atoms with Crippen molar-refractivity contribution >= 4 is 0 Å². The summed E-state index contributed by atoms with van der Waals surface area (Å²) in [6.07, 6.45) is 5.33. The monoisotopic (exact) mass is 157 g/mol. The Bertz CT molecular complexity index is 89.6. The van der Waals surface area contributed by atoms with Crippen molar-refractivity contribution in [2.24, 2.45) is 5.92 Å². The van der Waals surface area contributed by atoms with Gasteiger partial charge < -0.3 is 10.1 Å². The van der Waals surface area contributed by atoms with Gasteiger partial charge in [0.05, 0.1) is 0 Å². The third-order valence-corrected chi connectivity index (χ3v) is 2.37. The van der Waals surface area contributed by atoms with Crippen molar-refractivity contribution in [3.63, 3.8) is 0 Å². The normalized spacial score (nSPS) is 24.3. The lowest BCUT2D eigenvalue weighted by molar-refractivity contribution is 0.190. The topological polar surface area (TPSA) is 21.3 Å². The number of rotatable bonds is 5. The third kappa shape index (κ3) is 3.73. The molecule has 0 aromatic heterocycles. The van der Waals surface area contributed by atoms with Crippen molar-refractivity contribution in [3.05, 3.63) is 0 Å². The molecule has 0 aromatic rings. The van der Waals surface area contributed by atoms with Crippen molar-refractivity contribution < 1.29 is 4.74 Å². The lowest BCUT2D eigenvalue weighted by Gasteiger charge is -2.06. The van der Waals surface area contributed by atoms with E-state index in [4.69, 9.17) is 4.74 Å². The molecule has 0 radical (unpaired) electrons. The predicted molar refractivity (Wildman–Crippen MR) is 46.7 cm³/mol. The van der Waals surface area contributed by atoms with E-state index in [2.05, 4.69) is 5.32 Å². The van der Waals surface area contributed by atoms with E-state index in [0.29, 0.717) is 0 Å². The molecule has 0 spiro atoms. The molecule has 1 aliphatic heterocycles. The number of ether oxygens (including phenoxy) is 1. The van der Waals surface area contributed by atoms with Gasteiger partial charge in [-0.2, -0.15) is 0 Å². The van der Waals surface area contributed by atoms with Crippen LogP contribution in [0.5, 0.6) is 0 Å². The van der Waals surface area contributed by atoms with Crippen LogP contribution in [0.4, 0.5) is 0 Å². The molecule has 1 aliphatic rings. The van der Waals surface area contributed by atoms with Crippen LogP contribution in [0, 0.1) is 5.92 Å². The van der Waals surface area contributed by atoms with Crippen LogP contribution in [0.3, 0.4) is 0 Å². The number of unbranched alkanes of at least 4 members (excludes halogenated alkanes) is 1. The van der Waals surface area contributed by atoms with Gasteiger partial charge in [-0.25, -0.2) is 0 Å². The molecule has 0 amide bonds. The first-order chi connectivity index (χ1) is 5.43. The van der Waals surface area contributed by atoms with Gasteiger partial charge in [-0.3, -0.25) is 0 Å². The summed E-state index contributed by atoms with van der Waals surface area (Å²) in [5.74, 6) is 0.951. The average molecular weight is 157 g/mol. The molecule has 1 rings (SSSR count). The molecule has 66 valence electrons. The van der Waals surface area contributed by atoms with Gasteiger partial charge in [-0.15, -0.1) is 0 Å². The van der Waals surface area contributed by atoms with E-state index in [1.807, 2.05) is 0 Å². The van der Waals surface area contributed by atoms with Crippen LogP contribution < -0.4 is 5.32 Å². The SMILES string of the molecule is COCCCC[C@H]1CCNC1. The van der Waals surface area contributed by atoms with Crippen LogP contribution in [-0.2, 0) is 4.74 Å². The van der Waals surface area contributed by atoms with Crippen LogP contribution in [0.15, 0.2) is 0 Å². The van der Waals surface area contributed by atoms with Crippen LogP contribution in [0.1, 0.15) is 25.7 Å². The van der Waals surface area contributed by atoms with E-state index in [1.54, 1.807) is 7.11 Å². The molecule has 1 fully saturated rings. The smallest absolute Gasteiger partial charge is 0.0462 e. The van der Waals surface area contributed by atoms with E-state index in [1.165, 1.54) is 38.8 Å². The number of hydrogen-bond acceptors (Lipinski definition) is 2. The van der Waals surface area contributed by atoms with E-state index in [-0.39, 0.29) is 0 Å². The Morgan fingerprint density at radius 1 is 1.45 bits per heavy atom. The molecule has 0 unspecified atom stereocenters. The van der Waals surface area contributed by atoms with Gasteiger partial charge in [-0.1, -0.05) is 6.42 Å². The largest absolute Gasteiger partial charge is 0.385 e. The molecule has 11 heavy (non-hydrogen) atoms. The van der Waals surface area contributed by atoms with Crippen molar-refractivity contribution in [1.29, 1.82) is 0 Å². The number of methoxy groups -OCH3 is 1. The molecule has 1 saturated heterocycles. The summed E-state index contributed by atoms with van der Waals surface area (Å²) in [5, 5.41) is 3.38. The minimum Gasteiger partial charge on any atom is -0.385 e. The quantitative estimate of drug-likeness (QED) is 0.609. The molecule has 2 heteroatoms. The van der Waals surface area contributed by atoms with Crippen LogP contribution in [-0.4, -0.2) is 26.8 Å². The zero-order chi connectivity index (χ0) is 7.94. The van der Waals surface area contributed by atoms with Crippen molar-refractivity contribution in [3.8, 4) is 0 Å². The Labute approximate surface area is 69.3 Å². The minimum atomic E-state index is 0.931. The molecular weight excluding hydrogens is 138 g/mol. The van der Waals surface area contributed by atoms with Crippen LogP contribution >= 0.6 is 0 Å². The Morgan fingerprint density at radius 2 is 2.36 bits per heavy atom. The molecule has 1 N–H and O–H groups in total. The second kappa shape index (κ2) is 5.56. The van der Waals surface area contributed by atoms with Crippen molar-refractivity contribution in [1.82, 2.24) is 5.32 Å². The third-order valence-electron chi connectivity index (χ3n) is 2.37. The van der Waals surface area contributed by atoms with Gasteiger partial charge in [0.2, 0.25) is 0 Å². The fourth-order valence-electron chi connectivity index (χ4n) is 1.64. The zero-order valence-electron chi connectivity index (χ0n) is 7.44. The molecular formula is C9H19NO. The summed E-state index contributed by atoms with van der Waals surface area (Å²) in [5.41, 5.74) is 0. The van der Waals surface area contributed by atoms with E-state index < -0.39 is 0 Å². The number of hydrogen-bond donors (Lipinski definition) is 1. The maximum Gasteiger partial charge on any atom is 0.0462 e. The van der Waals surface area contributed by atoms with Gasteiger partial charge >= 0.3 is 0 Å². The average Bonchev–Trinajstić information content (AvgIpc) is 2.50. The van der Waals surface area contributed by atoms with Gasteiger partial charge in [-0.05, 0) is 38.3 Å². The maximum absolute atomic E-state index is 4.99. The van der Waals surface area contributed by atoms with Gasteiger partial charge in [0.25, 0.3) is 0 Å². The highest BCUT2D eigenvalue weighted by Crippen LogP contribution is 2.15. The second-order valence-electron chi connectivity index (χ2n) is 3.35. The second-order valence-corrected chi connectivity index (χ2v) is 3.35. The summed E-state index contributed by atoms with van der Waals surface area (Å²) in [6, 6.07) is 0. The van der Waals surface area contributed by atoms with Gasteiger partial charge in [0.15, 0.2) is 0 Å². The molecule has 1 atom stereocenters. The summed E-state index contributed by atoms with van der Waals surface area (Å²) in [7, 11) is 1.77. The lowest BCUT2D eigenvalue weighted by atomic mass is 10.0. The summed E-state index contributed by atoms with van der Waals surface area (Å²) in [4.78, 5) is 0. The van der Waals surface area contributed by atoms with Crippen LogP contribution in [0.2, 0.25) is 0 Å². The van der Waals surface area contributed by atoms with E-state index in [0.717, 1.165) is 12.5 Å². The highest BCUT2D eigenvalue weighted by atomic mass is 16.5. The van der Waals surface area contributed by atoms with E-state index >= 15 is 0 Å². The fraction of sp³-hybridized carbons (Fsp3) is 1.00. The highest BCUT2D eigenvalue weighted by molar-refractivity contribution is 4.70. The maximum atomic E-state index is 4.99. The standard InChI is InChI=1S/C9H19NO/c1-11-7-3-2-4-9-5-6-10-8-9/h9-10H,2-8H2,1H3/t9-/m0/s1. The summed E-state index contributed by atoms with van der Waals surface area (Å²) >= 11 is 0. The Balaban J connectivity index is 1.86. The fourth-order valence-corrected chi connectivity index (χ4v) is 1.64. The van der Waals surface area contributed by atoms with Crippen molar-refractivity contribution in [2.45, 2.75) is 25.7 Å². The summed E-state index contributed by atoms with van der Waals surface area (Å²) < 4.78 is 4.99. The Morgan fingerprint density at radius 3 is 3.00 bits per heavy atom. The predicted octanol–water partition coefficient (Wildman–Crippen LogP) is 1.41. The first-order valence-corrected chi connectivity index (χ1v) is 4.63. The Kier molecular flexibility index (Phi) is 4.55.